The van der Waals surface area contributed by atoms with Gasteiger partial charge < -0.3 is 10.6 Å². The van der Waals surface area contributed by atoms with Gasteiger partial charge in [-0.3, -0.25) is 0 Å². The maximum Gasteiger partial charge on any atom is 0.0368 e. The van der Waals surface area contributed by atoms with E-state index in [-0.39, 0.29) is 11.6 Å². The predicted octanol–water partition coefficient (Wildman–Crippen LogP) is 3.33. The number of benzene rings is 1. The molecule has 0 spiro atoms. The summed E-state index contributed by atoms with van der Waals surface area (Å²) in [4.78, 5) is 2.32. The van der Waals surface area contributed by atoms with Crippen molar-refractivity contribution in [1.29, 1.82) is 0 Å². The Morgan fingerprint density at radius 2 is 1.75 bits per heavy atom. The molecular weight excluding hydrogens is 196 g/mol. The summed E-state index contributed by atoms with van der Waals surface area (Å²) in [6.45, 7) is 8.74. The highest BCUT2D eigenvalue weighted by atomic mass is 15.2. The van der Waals surface area contributed by atoms with Gasteiger partial charge in [-0.2, -0.15) is 0 Å². The topological polar surface area (TPSA) is 29.3 Å². The van der Waals surface area contributed by atoms with Crippen LogP contribution in [0.3, 0.4) is 0 Å². The molecule has 2 N–H and O–H groups in total. The van der Waals surface area contributed by atoms with E-state index in [2.05, 4.69) is 57.0 Å². The first kappa shape index (κ1) is 13.0. The Labute approximate surface area is 99.5 Å². The van der Waals surface area contributed by atoms with Crippen molar-refractivity contribution in [2.24, 2.45) is 5.73 Å². The van der Waals surface area contributed by atoms with E-state index in [0.717, 1.165) is 6.42 Å². The van der Waals surface area contributed by atoms with Gasteiger partial charge in [0, 0.05) is 24.3 Å². The Bertz CT molecular complexity index is 325. The van der Waals surface area contributed by atoms with Gasteiger partial charge in [-0.05, 0) is 44.9 Å². The maximum atomic E-state index is 5.84. The van der Waals surface area contributed by atoms with Gasteiger partial charge in [0.25, 0.3) is 0 Å². The molecule has 0 saturated heterocycles. The van der Waals surface area contributed by atoms with Gasteiger partial charge in [-0.15, -0.1) is 0 Å². The van der Waals surface area contributed by atoms with Crippen molar-refractivity contribution in [2.45, 2.75) is 45.7 Å². The van der Waals surface area contributed by atoms with Gasteiger partial charge in [0.1, 0.15) is 0 Å². The molecule has 1 atom stereocenters. The van der Waals surface area contributed by atoms with E-state index in [4.69, 9.17) is 5.73 Å². The Kier molecular flexibility index (Phi) is 3.98. The second-order valence-corrected chi connectivity index (χ2v) is 5.11. The summed E-state index contributed by atoms with van der Waals surface area (Å²) in [7, 11) is 2.14. The first-order valence-electron chi connectivity index (χ1n) is 5.98. The fourth-order valence-electron chi connectivity index (χ4n) is 1.59. The van der Waals surface area contributed by atoms with Crippen LogP contribution in [-0.2, 0) is 0 Å². The number of hydrogen-bond donors (Lipinski definition) is 1. The lowest BCUT2D eigenvalue weighted by Gasteiger charge is -2.37. The van der Waals surface area contributed by atoms with Crippen LogP contribution in [0.1, 0.15) is 45.7 Å². The smallest absolute Gasteiger partial charge is 0.0368 e. The number of nitrogens with zero attached hydrogens (tertiary/aromatic N) is 1. The molecule has 2 nitrogen and oxygen atoms in total. The van der Waals surface area contributed by atoms with Crippen LogP contribution in [0.25, 0.3) is 0 Å². The predicted molar refractivity (Wildman–Crippen MR) is 71.8 cm³/mol. The van der Waals surface area contributed by atoms with Crippen molar-refractivity contribution >= 4 is 5.69 Å². The molecule has 0 fully saturated rings. The summed E-state index contributed by atoms with van der Waals surface area (Å²) in [6.07, 6.45) is 1.12. The zero-order valence-electron chi connectivity index (χ0n) is 11.1. The van der Waals surface area contributed by atoms with E-state index < -0.39 is 0 Å². The highest BCUT2D eigenvalue weighted by molar-refractivity contribution is 5.49. The lowest BCUT2D eigenvalue weighted by Crippen LogP contribution is -2.40. The van der Waals surface area contributed by atoms with Gasteiger partial charge >= 0.3 is 0 Å². The van der Waals surface area contributed by atoms with Gasteiger partial charge in [0.15, 0.2) is 0 Å². The van der Waals surface area contributed by atoms with Gasteiger partial charge in [-0.1, -0.05) is 19.1 Å². The largest absolute Gasteiger partial charge is 0.369 e. The highest BCUT2D eigenvalue weighted by Gasteiger charge is 2.21. The summed E-state index contributed by atoms with van der Waals surface area (Å²) in [5, 5.41) is 0. The van der Waals surface area contributed by atoms with Crippen LogP contribution in [0.5, 0.6) is 0 Å². The number of rotatable bonds is 4. The monoisotopic (exact) mass is 220 g/mol. The molecule has 0 amide bonds. The first-order valence-corrected chi connectivity index (χ1v) is 5.98. The quantitative estimate of drug-likeness (QED) is 0.843. The molecule has 1 aromatic rings. The molecule has 2 heteroatoms. The van der Waals surface area contributed by atoms with Crippen molar-refractivity contribution < 1.29 is 0 Å². The highest BCUT2D eigenvalue weighted by Crippen LogP contribution is 2.25. The maximum absolute atomic E-state index is 5.84. The molecule has 0 aromatic heterocycles. The van der Waals surface area contributed by atoms with Gasteiger partial charge in [-0.25, -0.2) is 0 Å². The van der Waals surface area contributed by atoms with E-state index in [9.17, 15) is 0 Å². The third-order valence-electron chi connectivity index (χ3n) is 3.58. The molecule has 16 heavy (non-hydrogen) atoms. The molecule has 0 radical (unpaired) electrons. The van der Waals surface area contributed by atoms with Crippen LogP contribution in [0.15, 0.2) is 24.3 Å². The number of nitrogens with two attached hydrogens (primary N) is 1. The van der Waals surface area contributed by atoms with Crippen molar-refractivity contribution in [2.75, 3.05) is 11.9 Å². The molecule has 0 heterocycles. The molecule has 0 aliphatic rings. The van der Waals surface area contributed by atoms with Gasteiger partial charge in [0.05, 0.1) is 0 Å². The molecule has 1 aromatic carbocycles. The Morgan fingerprint density at radius 3 is 2.12 bits per heavy atom. The third kappa shape index (κ3) is 2.76. The summed E-state index contributed by atoms with van der Waals surface area (Å²) in [6, 6.07) is 8.63. The Balaban J connectivity index is 2.90. The molecular formula is C14H24N2. The Hall–Kier alpha value is -1.02. The van der Waals surface area contributed by atoms with E-state index in [1.54, 1.807) is 0 Å². The average molecular weight is 220 g/mol. The van der Waals surface area contributed by atoms with E-state index >= 15 is 0 Å². The number of anilines is 1. The first-order chi connectivity index (χ1) is 7.38. The molecule has 0 unspecified atom stereocenters. The Morgan fingerprint density at radius 1 is 1.25 bits per heavy atom. The van der Waals surface area contributed by atoms with Gasteiger partial charge in [0.2, 0.25) is 0 Å². The third-order valence-corrected chi connectivity index (χ3v) is 3.58. The van der Waals surface area contributed by atoms with Crippen LogP contribution < -0.4 is 10.6 Å². The normalized spacial score (nSPS) is 13.6. The zero-order valence-corrected chi connectivity index (χ0v) is 11.1. The van der Waals surface area contributed by atoms with E-state index in [1.165, 1.54) is 11.3 Å². The molecule has 0 aliphatic carbocycles. The lowest BCUT2D eigenvalue weighted by atomic mass is 9.98. The van der Waals surface area contributed by atoms with Crippen LogP contribution in [-0.4, -0.2) is 12.6 Å². The van der Waals surface area contributed by atoms with Crippen molar-refractivity contribution in [1.82, 2.24) is 0 Å². The average Bonchev–Trinajstić information content (AvgIpc) is 2.28. The summed E-state index contributed by atoms with van der Waals surface area (Å²) in [5.41, 5.74) is 8.46. The fourth-order valence-corrected chi connectivity index (χ4v) is 1.59. The minimum absolute atomic E-state index is 0.110. The van der Waals surface area contributed by atoms with E-state index in [0.29, 0.717) is 0 Å². The van der Waals surface area contributed by atoms with Crippen LogP contribution in [0, 0.1) is 0 Å². The minimum Gasteiger partial charge on any atom is -0.369 e. The van der Waals surface area contributed by atoms with Crippen LogP contribution in [0.4, 0.5) is 5.69 Å². The van der Waals surface area contributed by atoms with Crippen molar-refractivity contribution in [3.63, 3.8) is 0 Å². The fraction of sp³-hybridized carbons (Fsp3) is 0.571. The number of hydrogen-bond acceptors (Lipinski definition) is 2. The SMILES string of the molecule is CCC(C)(C)N(C)c1ccc([C@@H](C)N)cc1. The molecule has 0 aliphatic heterocycles. The second-order valence-electron chi connectivity index (χ2n) is 5.11. The van der Waals surface area contributed by atoms with Crippen molar-refractivity contribution in [3.8, 4) is 0 Å². The van der Waals surface area contributed by atoms with E-state index in [1.807, 2.05) is 6.92 Å². The van der Waals surface area contributed by atoms with Crippen LogP contribution in [0.2, 0.25) is 0 Å². The molecule has 0 bridgehead atoms. The second kappa shape index (κ2) is 4.88. The summed E-state index contributed by atoms with van der Waals surface area (Å²) >= 11 is 0. The summed E-state index contributed by atoms with van der Waals surface area (Å²) in [5.74, 6) is 0. The lowest BCUT2D eigenvalue weighted by molar-refractivity contribution is 0.471. The zero-order chi connectivity index (χ0) is 12.3. The summed E-state index contributed by atoms with van der Waals surface area (Å²) < 4.78 is 0. The van der Waals surface area contributed by atoms with Crippen LogP contribution >= 0.6 is 0 Å². The molecule has 90 valence electrons. The minimum atomic E-state index is 0.110. The standard InChI is InChI=1S/C14H24N2/c1-6-14(3,4)16(5)13-9-7-12(8-10-13)11(2)15/h7-11H,6,15H2,1-5H3/t11-/m1/s1. The molecule has 0 saturated carbocycles. The van der Waals surface area contributed by atoms with Crippen molar-refractivity contribution in [3.05, 3.63) is 29.8 Å². The molecule has 1 rings (SSSR count).